The number of nitrogens with zero attached hydrogens (tertiary/aromatic N) is 4. The Balaban J connectivity index is 1.75. The molecule has 0 unspecified atom stereocenters. The minimum atomic E-state index is -0.250. The lowest BCUT2D eigenvalue weighted by Crippen LogP contribution is -2.15. The van der Waals surface area contributed by atoms with Crippen LogP contribution >= 0.6 is 23.4 Å². The summed E-state index contributed by atoms with van der Waals surface area (Å²) in [4.78, 5) is 12.5. The number of carbonyl (C=O) groups is 1. The second kappa shape index (κ2) is 10.8. The van der Waals surface area contributed by atoms with Gasteiger partial charge in [0.25, 0.3) is 0 Å². The maximum absolute atomic E-state index is 12.5. The van der Waals surface area contributed by atoms with Crippen molar-refractivity contribution in [2.45, 2.75) is 31.5 Å². The Morgan fingerprint density at radius 1 is 1.26 bits per heavy atom. The van der Waals surface area contributed by atoms with Crippen LogP contribution in [0.2, 0.25) is 5.02 Å². The largest absolute Gasteiger partial charge is 0.497 e. The Kier molecular flexibility index (Phi) is 7.93. The van der Waals surface area contributed by atoms with Gasteiger partial charge in [0.2, 0.25) is 5.91 Å². The number of benzene rings is 2. The number of anilines is 1. The molecule has 1 heterocycles. The van der Waals surface area contributed by atoms with Crippen LogP contribution < -0.4 is 10.1 Å². The molecule has 0 saturated carbocycles. The van der Waals surface area contributed by atoms with Crippen LogP contribution in [0.4, 0.5) is 5.69 Å². The van der Waals surface area contributed by atoms with E-state index < -0.39 is 0 Å². The number of carbonyl (C=O) groups excluding carboxylic acids is 1. The van der Waals surface area contributed by atoms with Crippen molar-refractivity contribution in [2.24, 2.45) is 0 Å². The molecule has 1 amide bonds. The third kappa shape index (κ3) is 5.78. The van der Waals surface area contributed by atoms with Crippen LogP contribution in [-0.2, 0) is 11.3 Å². The van der Waals surface area contributed by atoms with Gasteiger partial charge in [-0.1, -0.05) is 36.7 Å². The molecule has 0 aliphatic heterocycles. The second-order valence-electron chi connectivity index (χ2n) is 6.68. The van der Waals surface area contributed by atoms with E-state index in [1.54, 1.807) is 25.3 Å². The molecule has 0 bridgehead atoms. The van der Waals surface area contributed by atoms with Crippen LogP contribution in [0.5, 0.6) is 5.75 Å². The number of nitriles is 1. The number of thioether (sulfide) groups is 1. The molecule has 3 rings (SSSR count). The Morgan fingerprint density at radius 2 is 2.03 bits per heavy atom. The molecule has 0 saturated heterocycles. The zero-order chi connectivity index (χ0) is 22.2. The van der Waals surface area contributed by atoms with Crippen molar-refractivity contribution >= 4 is 35.0 Å². The zero-order valence-electron chi connectivity index (χ0n) is 17.3. The molecule has 2 aromatic carbocycles. The zero-order valence-corrected chi connectivity index (χ0v) is 18.8. The van der Waals surface area contributed by atoms with Gasteiger partial charge in [-0.2, -0.15) is 5.26 Å². The minimum Gasteiger partial charge on any atom is -0.497 e. The lowest BCUT2D eigenvalue weighted by atomic mass is 10.2. The summed E-state index contributed by atoms with van der Waals surface area (Å²) >= 11 is 7.29. The lowest BCUT2D eigenvalue weighted by Gasteiger charge is -2.10. The highest BCUT2D eigenvalue weighted by Crippen LogP contribution is 2.27. The number of rotatable bonds is 9. The van der Waals surface area contributed by atoms with Gasteiger partial charge < -0.3 is 14.6 Å². The summed E-state index contributed by atoms with van der Waals surface area (Å²) in [7, 11) is 1.63. The number of amides is 1. The number of unbranched alkanes of at least 4 members (excludes halogenated alkanes) is 1. The van der Waals surface area contributed by atoms with E-state index in [9.17, 15) is 10.1 Å². The fourth-order valence-corrected chi connectivity index (χ4v) is 3.84. The predicted molar refractivity (Wildman–Crippen MR) is 122 cm³/mol. The summed E-state index contributed by atoms with van der Waals surface area (Å²) in [5.41, 5.74) is 1.68. The number of methoxy groups -OCH3 is 1. The van der Waals surface area contributed by atoms with Crippen LogP contribution in [0.1, 0.15) is 25.3 Å². The molecule has 1 aromatic heterocycles. The summed E-state index contributed by atoms with van der Waals surface area (Å²) in [5.74, 6) is 1.40. The molecule has 0 aliphatic carbocycles. The highest BCUT2D eigenvalue weighted by atomic mass is 35.5. The molecular weight excluding hydrogens is 434 g/mol. The molecule has 0 aliphatic rings. The number of hydrogen-bond donors (Lipinski definition) is 1. The molecule has 31 heavy (non-hydrogen) atoms. The summed E-state index contributed by atoms with van der Waals surface area (Å²) < 4.78 is 7.25. The number of halogens is 1. The normalized spacial score (nSPS) is 10.5. The van der Waals surface area contributed by atoms with Gasteiger partial charge in [-0.25, -0.2) is 0 Å². The summed E-state index contributed by atoms with van der Waals surface area (Å²) in [6.45, 7) is 2.87. The smallest absolute Gasteiger partial charge is 0.234 e. The number of nitrogens with one attached hydrogen (secondary N) is 1. The monoisotopic (exact) mass is 455 g/mol. The SMILES string of the molecule is CCCCn1c(SCC(=O)Nc2cc(Cl)ccc2C#N)nnc1-c1ccc(OC)cc1. The van der Waals surface area contributed by atoms with Crippen molar-refractivity contribution in [2.75, 3.05) is 18.2 Å². The molecule has 0 atom stereocenters. The molecule has 0 radical (unpaired) electrons. The van der Waals surface area contributed by atoms with Crippen LogP contribution in [0.3, 0.4) is 0 Å². The number of hydrogen-bond acceptors (Lipinski definition) is 6. The van der Waals surface area contributed by atoms with Crippen LogP contribution in [0.25, 0.3) is 11.4 Å². The van der Waals surface area contributed by atoms with E-state index in [0.29, 0.717) is 21.4 Å². The fourth-order valence-electron chi connectivity index (χ4n) is 2.90. The topological polar surface area (TPSA) is 92.8 Å². The molecule has 9 heteroatoms. The average molecular weight is 456 g/mol. The third-order valence-corrected chi connectivity index (χ3v) is 5.71. The van der Waals surface area contributed by atoms with Gasteiger partial charge in [-0.15, -0.1) is 10.2 Å². The molecule has 0 fully saturated rings. The molecule has 3 aromatic rings. The van der Waals surface area contributed by atoms with E-state index in [1.165, 1.54) is 11.8 Å². The first kappa shape index (κ1) is 22.7. The van der Waals surface area contributed by atoms with Gasteiger partial charge in [-0.3, -0.25) is 4.79 Å². The first-order chi connectivity index (χ1) is 15.0. The molecular formula is C22H22ClN5O2S. The van der Waals surface area contributed by atoms with Crippen LogP contribution in [0.15, 0.2) is 47.6 Å². The molecule has 1 N–H and O–H groups in total. The van der Waals surface area contributed by atoms with Crippen molar-refractivity contribution in [3.05, 3.63) is 53.1 Å². The van der Waals surface area contributed by atoms with Crippen molar-refractivity contribution in [1.29, 1.82) is 5.26 Å². The van der Waals surface area contributed by atoms with Gasteiger partial charge >= 0.3 is 0 Å². The van der Waals surface area contributed by atoms with Crippen LogP contribution in [0, 0.1) is 11.3 Å². The van der Waals surface area contributed by atoms with Gasteiger partial charge in [0.1, 0.15) is 11.8 Å². The highest BCUT2D eigenvalue weighted by Gasteiger charge is 2.16. The van der Waals surface area contributed by atoms with E-state index in [0.717, 1.165) is 36.5 Å². The van der Waals surface area contributed by atoms with E-state index in [4.69, 9.17) is 16.3 Å². The predicted octanol–water partition coefficient (Wildman–Crippen LogP) is 5.01. The average Bonchev–Trinajstić information content (AvgIpc) is 3.19. The summed E-state index contributed by atoms with van der Waals surface area (Å²) in [5, 5.41) is 21.7. The van der Waals surface area contributed by atoms with E-state index in [2.05, 4.69) is 22.4 Å². The second-order valence-corrected chi connectivity index (χ2v) is 8.06. The van der Waals surface area contributed by atoms with Crippen molar-refractivity contribution < 1.29 is 9.53 Å². The number of aromatic nitrogens is 3. The van der Waals surface area contributed by atoms with Gasteiger partial charge in [0.05, 0.1) is 24.1 Å². The third-order valence-electron chi connectivity index (χ3n) is 4.51. The maximum atomic E-state index is 12.5. The maximum Gasteiger partial charge on any atom is 0.234 e. The Hall–Kier alpha value is -3.02. The minimum absolute atomic E-state index is 0.129. The van der Waals surface area contributed by atoms with Gasteiger partial charge in [0, 0.05) is 17.1 Å². The molecule has 0 spiro atoms. The lowest BCUT2D eigenvalue weighted by molar-refractivity contribution is -0.113. The fraction of sp³-hybridized carbons (Fsp3) is 0.273. The van der Waals surface area contributed by atoms with E-state index in [-0.39, 0.29) is 11.7 Å². The van der Waals surface area contributed by atoms with E-state index >= 15 is 0 Å². The Morgan fingerprint density at radius 3 is 2.71 bits per heavy atom. The van der Waals surface area contributed by atoms with Crippen molar-refractivity contribution in [1.82, 2.24) is 14.8 Å². The molecule has 7 nitrogen and oxygen atoms in total. The quantitative estimate of drug-likeness (QED) is 0.456. The Bertz CT molecular complexity index is 1090. The highest BCUT2D eigenvalue weighted by molar-refractivity contribution is 7.99. The molecule has 160 valence electrons. The Labute approximate surface area is 190 Å². The van der Waals surface area contributed by atoms with Gasteiger partial charge in [-0.05, 0) is 48.9 Å². The summed E-state index contributed by atoms with van der Waals surface area (Å²) in [6.07, 6.45) is 1.99. The van der Waals surface area contributed by atoms with Crippen molar-refractivity contribution in [3.8, 4) is 23.2 Å². The van der Waals surface area contributed by atoms with Gasteiger partial charge in [0.15, 0.2) is 11.0 Å². The summed E-state index contributed by atoms with van der Waals surface area (Å²) in [6, 6.07) is 14.4. The number of ether oxygens (including phenoxy) is 1. The van der Waals surface area contributed by atoms with E-state index in [1.807, 2.05) is 34.9 Å². The first-order valence-electron chi connectivity index (χ1n) is 9.75. The van der Waals surface area contributed by atoms with Crippen molar-refractivity contribution in [3.63, 3.8) is 0 Å². The first-order valence-corrected chi connectivity index (χ1v) is 11.1. The van der Waals surface area contributed by atoms with Crippen LogP contribution in [-0.4, -0.2) is 33.5 Å². The standard InChI is InChI=1S/C22H22ClN5O2S/c1-3-4-11-28-21(15-6-9-18(30-2)10-7-15)26-27-22(28)31-14-20(29)25-19-12-17(23)8-5-16(19)13-24/h5-10,12H,3-4,11,14H2,1-2H3,(H,25,29).